The summed E-state index contributed by atoms with van der Waals surface area (Å²) in [5.41, 5.74) is 1.75. The molecular weight excluding hydrogens is 513 g/mol. The number of carbonyl (C=O) groups is 1. The lowest BCUT2D eigenvalue weighted by molar-refractivity contribution is -0.0171. The van der Waals surface area contributed by atoms with Crippen molar-refractivity contribution in [1.82, 2.24) is 4.90 Å². The van der Waals surface area contributed by atoms with Crippen molar-refractivity contribution < 1.29 is 37.8 Å². The van der Waals surface area contributed by atoms with Crippen LogP contribution in [0.4, 0.5) is 4.79 Å². The lowest BCUT2D eigenvalue weighted by Gasteiger charge is -2.32. The number of hydrogen-bond acceptors (Lipinski definition) is 8. The zero-order chi connectivity index (χ0) is 29.6. The van der Waals surface area contributed by atoms with Gasteiger partial charge in [0.2, 0.25) is 0 Å². The van der Waals surface area contributed by atoms with Gasteiger partial charge in [-0.05, 0) is 110 Å². The number of hydrogen-bond donors (Lipinski definition) is 0. The van der Waals surface area contributed by atoms with Crippen LogP contribution in [-0.2, 0) is 34.7 Å². The molecule has 0 aromatic heterocycles. The quantitative estimate of drug-likeness (QED) is 0.219. The van der Waals surface area contributed by atoms with Gasteiger partial charge in [-0.1, -0.05) is 0 Å². The van der Waals surface area contributed by atoms with E-state index in [2.05, 4.69) is 34.6 Å². The van der Waals surface area contributed by atoms with Crippen molar-refractivity contribution in [1.29, 1.82) is 0 Å². The summed E-state index contributed by atoms with van der Waals surface area (Å²) in [5, 5.41) is 0. The maximum atomic E-state index is 12.5. The predicted octanol–water partition coefficient (Wildman–Crippen LogP) is 4.64. The molecule has 9 nitrogen and oxygen atoms in total. The number of ether oxygens (including phenoxy) is 5. The fraction of sp³-hybridized carbons (Fsp3) is 0.767. The van der Waals surface area contributed by atoms with E-state index in [1.54, 1.807) is 12.0 Å². The van der Waals surface area contributed by atoms with Crippen molar-refractivity contribution in [2.45, 2.75) is 104 Å². The second kappa shape index (κ2) is 13.9. The number of amides is 1. The Morgan fingerprint density at radius 3 is 2.42 bits per heavy atom. The molecule has 0 saturated carbocycles. The molecule has 2 saturated heterocycles. The highest BCUT2D eigenvalue weighted by atomic mass is 16.7. The lowest BCUT2D eigenvalue weighted by Crippen LogP contribution is -2.41. The molecule has 2 aliphatic rings. The van der Waals surface area contributed by atoms with E-state index in [9.17, 15) is 4.79 Å². The fourth-order valence-corrected chi connectivity index (χ4v) is 4.82. The van der Waals surface area contributed by atoms with Gasteiger partial charge in [0, 0.05) is 13.7 Å². The molecule has 226 valence electrons. The van der Waals surface area contributed by atoms with Crippen LogP contribution in [0.25, 0.3) is 0 Å². The molecule has 0 spiro atoms. The number of likely N-dealkylation sites (tertiary alicyclic amines) is 1. The number of benzene rings is 1. The summed E-state index contributed by atoms with van der Waals surface area (Å²) >= 11 is 0. The minimum Gasteiger partial charge on any atom is -0.468 e. The number of nitrogens with zero attached hydrogens (tertiary/aromatic N) is 1. The largest absolute Gasteiger partial charge is 0.495 e. The van der Waals surface area contributed by atoms with E-state index in [4.69, 9.17) is 33.0 Å². The number of methoxy groups -OCH3 is 1. The summed E-state index contributed by atoms with van der Waals surface area (Å²) in [6.07, 6.45) is 3.31. The third-order valence-corrected chi connectivity index (χ3v) is 7.69. The minimum absolute atomic E-state index is 0.0181. The van der Waals surface area contributed by atoms with Crippen LogP contribution in [0.5, 0.6) is 5.75 Å². The van der Waals surface area contributed by atoms with Gasteiger partial charge in [-0.2, -0.15) is 0 Å². The average molecular weight is 564 g/mol. The van der Waals surface area contributed by atoms with Crippen molar-refractivity contribution in [2.24, 2.45) is 0 Å². The van der Waals surface area contributed by atoms with E-state index in [-0.39, 0.29) is 19.0 Å². The van der Waals surface area contributed by atoms with E-state index < -0.39 is 23.9 Å². The van der Waals surface area contributed by atoms with Gasteiger partial charge >= 0.3 is 13.2 Å². The van der Waals surface area contributed by atoms with Crippen LogP contribution in [0.3, 0.4) is 0 Å². The Balaban J connectivity index is 1.54. The standard InChI is InChI=1S/C30H50BNO8/c1-22-18-24(37-21-34-9)19-26(31-39-29(5,6)30(7,8)40-31)25(22)13-15-35-16-17-36-23-12-10-11-14-32(20-23)27(33)38-28(2,3)4/h18-19,23H,10-17,20-21H2,1-9H3/t23-/m1/s1. The molecule has 10 heteroatoms. The SMILES string of the molecule is COCOc1cc(C)c(CCOCCO[C@@H]2CCCCN(C(=O)OC(C)(C)C)C2)c(B2OC(C)(C)C(C)(C)O2)c1. The number of rotatable bonds is 11. The van der Waals surface area contributed by atoms with Gasteiger partial charge in [-0.25, -0.2) is 4.79 Å². The monoisotopic (exact) mass is 563 g/mol. The highest BCUT2D eigenvalue weighted by Gasteiger charge is 2.52. The Morgan fingerprint density at radius 1 is 1.07 bits per heavy atom. The van der Waals surface area contributed by atoms with Crippen LogP contribution in [0, 0.1) is 6.92 Å². The summed E-state index contributed by atoms with van der Waals surface area (Å²) in [7, 11) is 1.10. The van der Waals surface area contributed by atoms with Crippen LogP contribution >= 0.6 is 0 Å². The second-order valence-electron chi connectivity index (χ2n) is 12.7. The zero-order valence-corrected chi connectivity index (χ0v) is 26.1. The van der Waals surface area contributed by atoms with Crippen molar-refractivity contribution in [3.05, 3.63) is 23.3 Å². The first-order valence-corrected chi connectivity index (χ1v) is 14.5. The molecule has 0 aliphatic carbocycles. The van der Waals surface area contributed by atoms with Crippen LogP contribution in [0.1, 0.15) is 78.9 Å². The van der Waals surface area contributed by atoms with E-state index in [0.29, 0.717) is 45.1 Å². The molecule has 0 radical (unpaired) electrons. The Kier molecular flexibility index (Phi) is 11.3. The van der Waals surface area contributed by atoms with E-state index in [1.807, 2.05) is 32.9 Å². The number of carbonyl (C=O) groups excluding carboxylic acids is 1. The first-order valence-electron chi connectivity index (χ1n) is 14.5. The predicted molar refractivity (Wildman–Crippen MR) is 155 cm³/mol. The molecule has 3 rings (SSSR count). The van der Waals surface area contributed by atoms with Gasteiger partial charge in [-0.15, -0.1) is 0 Å². The molecule has 1 amide bonds. The molecule has 1 aromatic rings. The van der Waals surface area contributed by atoms with Crippen molar-refractivity contribution >= 4 is 18.7 Å². The van der Waals surface area contributed by atoms with Gasteiger partial charge < -0.3 is 37.9 Å². The van der Waals surface area contributed by atoms with E-state index in [1.165, 1.54) is 0 Å². The van der Waals surface area contributed by atoms with Crippen LogP contribution < -0.4 is 10.2 Å². The van der Waals surface area contributed by atoms with Gasteiger partial charge in [0.25, 0.3) is 0 Å². The zero-order valence-electron chi connectivity index (χ0n) is 26.1. The molecule has 1 aromatic carbocycles. The summed E-state index contributed by atoms with van der Waals surface area (Å²) in [6, 6.07) is 3.99. The van der Waals surface area contributed by atoms with Gasteiger partial charge in [0.15, 0.2) is 6.79 Å². The Morgan fingerprint density at radius 2 is 1.77 bits per heavy atom. The third kappa shape index (κ3) is 9.08. The smallest absolute Gasteiger partial charge is 0.468 e. The fourth-order valence-electron chi connectivity index (χ4n) is 4.82. The maximum absolute atomic E-state index is 12.5. The van der Waals surface area contributed by atoms with Crippen LogP contribution in [-0.4, -0.2) is 87.8 Å². The first-order chi connectivity index (χ1) is 18.7. The average Bonchev–Trinajstić information content (AvgIpc) is 2.99. The summed E-state index contributed by atoms with van der Waals surface area (Å²) < 4.78 is 41.3. The Hall–Kier alpha value is -1.85. The number of aryl methyl sites for hydroxylation is 1. The Bertz CT molecular complexity index is 961. The van der Waals surface area contributed by atoms with E-state index in [0.717, 1.165) is 35.9 Å². The van der Waals surface area contributed by atoms with Crippen LogP contribution in [0.2, 0.25) is 0 Å². The minimum atomic E-state index is -0.508. The lowest BCUT2D eigenvalue weighted by atomic mass is 9.74. The third-order valence-electron chi connectivity index (χ3n) is 7.69. The van der Waals surface area contributed by atoms with E-state index >= 15 is 0 Å². The molecule has 2 aliphatic heterocycles. The highest BCUT2D eigenvalue weighted by Crippen LogP contribution is 2.37. The van der Waals surface area contributed by atoms with Gasteiger partial charge in [-0.3, -0.25) is 0 Å². The van der Waals surface area contributed by atoms with Gasteiger partial charge in [0.1, 0.15) is 11.4 Å². The molecule has 0 N–H and O–H groups in total. The Labute approximate surface area is 241 Å². The molecular formula is C30H50BNO8. The molecule has 2 heterocycles. The van der Waals surface area contributed by atoms with Gasteiger partial charge in [0.05, 0.1) is 43.7 Å². The van der Waals surface area contributed by atoms with Crippen molar-refractivity contribution in [2.75, 3.05) is 46.8 Å². The summed E-state index contributed by atoms with van der Waals surface area (Å²) in [5.74, 6) is 0.714. The topological polar surface area (TPSA) is 84.9 Å². The van der Waals surface area contributed by atoms with Crippen LogP contribution in [0.15, 0.2) is 12.1 Å². The summed E-state index contributed by atoms with van der Waals surface area (Å²) in [4.78, 5) is 14.3. The maximum Gasteiger partial charge on any atom is 0.495 e. The molecule has 40 heavy (non-hydrogen) atoms. The molecule has 1 atom stereocenters. The van der Waals surface area contributed by atoms with Crippen molar-refractivity contribution in [3.63, 3.8) is 0 Å². The second-order valence-corrected chi connectivity index (χ2v) is 12.7. The van der Waals surface area contributed by atoms with Crippen molar-refractivity contribution in [3.8, 4) is 5.75 Å². The highest BCUT2D eigenvalue weighted by molar-refractivity contribution is 6.62. The molecule has 0 unspecified atom stereocenters. The molecule has 2 fully saturated rings. The first kappa shape index (κ1) is 32.7. The normalized spacial score (nSPS) is 20.9. The summed E-state index contributed by atoms with van der Waals surface area (Å²) in [6.45, 7) is 18.8. The molecule has 0 bridgehead atoms.